The molecule has 0 spiro atoms. The molecular formula is C18H18N4O4S. The number of nitrogens with zero attached hydrogens (tertiary/aromatic N) is 3. The SMILES string of the molecule is O=[N+]([O-])c1ccc(S(=O)(=O)NCCCn2ccnc2-c2ccccc2)cc1. The number of hydrogen-bond donors (Lipinski definition) is 1. The second-order valence-corrected chi connectivity index (χ2v) is 7.58. The Balaban J connectivity index is 1.57. The first kappa shape index (κ1) is 18.7. The van der Waals surface area contributed by atoms with Crippen molar-refractivity contribution in [2.24, 2.45) is 0 Å². The molecule has 1 aromatic heterocycles. The number of aryl methyl sites for hydroxylation is 1. The number of non-ortho nitro benzene ring substituents is 1. The summed E-state index contributed by atoms with van der Waals surface area (Å²) >= 11 is 0. The second kappa shape index (κ2) is 8.11. The Morgan fingerprint density at radius 1 is 1.07 bits per heavy atom. The molecule has 0 aliphatic rings. The molecule has 1 N–H and O–H groups in total. The number of nitro benzene ring substituents is 1. The lowest BCUT2D eigenvalue weighted by Crippen LogP contribution is -2.25. The highest BCUT2D eigenvalue weighted by molar-refractivity contribution is 7.89. The van der Waals surface area contributed by atoms with E-state index < -0.39 is 14.9 Å². The molecule has 0 aliphatic carbocycles. The summed E-state index contributed by atoms with van der Waals surface area (Å²) in [5.74, 6) is 0.828. The van der Waals surface area contributed by atoms with Crippen molar-refractivity contribution in [2.45, 2.75) is 17.9 Å². The maximum atomic E-state index is 12.3. The first-order valence-electron chi connectivity index (χ1n) is 8.28. The summed E-state index contributed by atoms with van der Waals surface area (Å²) in [4.78, 5) is 14.4. The van der Waals surface area contributed by atoms with Gasteiger partial charge < -0.3 is 4.57 Å². The number of nitrogens with one attached hydrogen (secondary N) is 1. The highest BCUT2D eigenvalue weighted by Gasteiger charge is 2.15. The molecule has 0 atom stereocenters. The van der Waals surface area contributed by atoms with Gasteiger partial charge in [0.25, 0.3) is 5.69 Å². The van der Waals surface area contributed by atoms with Gasteiger partial charge in [0.1, 0.15) is 5.82 Å². The fourth-order valence-corrected chi connectivity index (χ4v) is 3.70. The monoisotopic (exact) mass is 386 g/mol. The number of imidazole rings is 1. The van der Waals surface area contributed by atoms with E-state index in [9.17, 15) is 18.5 Å². The molecule has 3 rings (SSSR count). The molecule has 27 heavy (non-hydrogen) atoms. The highest BCUT2D eigenvalue weighted by atomic mass is 32.2. The average molecular weight is 386 g/mol. The average Bonchev–Trinajstić information content (AvgIpc) is 3.14. The van der Waals surface area contributed by atoms with Gasteiger partial charge in [-0.2, -0.15) is 0 Å². The van der Waals surface area contributed by atoms with Crippen LogP contribution in [0.5, 0.6) is 0 Å². The normalized spacial score (nSPS) is 11.4. The van der Waals surface area contributed by atoms with Gasteiger partial charge >= 0.3 is 0 Å². The first-order valence-corrected chi connectivity index (χ1v) is 9.76. The number of nitro groups is 1. The molecule has 0 unspecified atom stereocenters. The third-order valence-electron chi connectivity index (χ3n) is 3.97. The highest BCUT2D eigenvalue weighted by Crippen LogP contribution is 2.17. The molecule has 2 aromatic carbocycles. The first-order chi connectivity index (χ1) is 13.0. The van der Waals surface area contributed by atoms with E-state index in [2.05, 4.69) is 9.71 Å². The minimum atomic E-state index is -3.70. The Morgan fingerprint density at radius 2 is 1.78 bits per heavy atom. The van der Waals surface area contributed by atoms with Crippen molar-refractivity contribution in [1.29, 1.82) is 0 Å². The summed E-state index contributed by atoms with van der Waals surface area (Å²) in [6.07, 6.45) is 4.14. The van der Waals surface area contributed by atoms with E-state index in [1.165, 1.54) is 24.3 Å². The Hall–Kier alpha value is -3.04. The zero-order chi connectivity index (χ0) is 19.3. The topological polar surface area (TPSA) is 107 Å². The van der Waals surface area contributed by atoms with Gasteiger partial charge in [-0.25, -0.2) is 18.1 Å². The number of sulfonamides is 1. The number of rotatable bonds is 8. The number of benzene rings is 2. The molecule has 0 radical (unpaired) electrons. The fraction of sp³-hybridized carbons (Fsp3) is 0.167. The van der Waals surface area contributed by atoms with E-state index >= 15 is 0 Å². The van der Waals surface area contributed by atoms with Crippen LogP contribution in [0.25, 0.3) is 11.4 Å². The molecule has 0 fully saturated rings. The molecule has 0 amide bonds. The van der Waals surface area contributed by atoms with Crippen LogP contribution in [-0.4, -0.2) is 29.4 Å². The smallest absolute Gasteiger partial charge is 0.269 e. The van der Waals surface area contributed by atoms with Gasteiger partial charge in [0, 0.05) is 43.2 Å². The fourth-order valence-electron chi connectivity index (χ4n) is 2.62. The molecule has 1 heterocycles. The third-order valence-corrected chi connectivity index (χ3v) is 5.45. The van der Waals surface area contributed by atoms with Gasteiger partial charge in [0.2, 0.25) is 10.0 Å². The van der Waals surface area contributed by atoms with Crippen molar-refractivity contribution in [3.63, 3.8) is 0 Å². The lowest BCUT2D eigenvalue weighted by molar-refractivity contribution is -0.384. The molecule has 0 bridgehead atoms. The summed E-state index contributed by atoms with van der Waals surface area (Å²) in [7, 11) is -3.70. The van der Waals surface area contributed by atoms with Crippen molar-refractivity contribution >= 4 is 15.7 Å². The third kappa shape index (κ3) is 4.57. The summed E-state index contributed by atoms with van der Waals surface area (Å²) < 4.78 is 29.0. The molecule has 9 heteroatoms. The van der Waals surface area contributed by atoms with Gasteiger partial charge in [-0.15, -0.1) is 0 Å². The van der Waals surface area contributed by atoms with Gasteiger partial charge in [-0.05, 0) is 18.6 Å². The number of aromatic nitrogens is 2. The molecule has 3 aromatic rings. The molecule has 140 valence electrons. The predicted octanol–water partition coefficient (Wildman–Crippen LogP) is 2.83. The van der Waals surface area contributed by atoms with E-state index in [-0.39, 0.29) is 17.1 Å². The van der Waals surface area contributed by atoms with Crippen molar-refractivity contribution in [3.05, 3.63) is 77.1 Å². The van der Waals surface area contributed by atoms with E-state index in [0.717, 1.165) is 11.4 Å². The maximum absolute atomic E-state index is 12.3. The molecular weight excluding hydrogens is 368 g/mol. The summed E-state index contributed by atoms with van der Waals surface area (Å²) in [5, 5.41) is 10.6. The maximum Gasteiger partial charge on any atom is 0.269 e. The van der Waals surface area contributed by atoms with Crippen molar-refractivity contribution in [1.82, 2.24) is 14.3 Å². The standard InChI is InChI=1S/C18H18N4O4S/c23-22(24)16-7-9-17(10-8-16)27(25,26)20-11-4-13-21-14-12-19-18(21)15-5-2-1-3-6-15/h1-3,5-10,12,14,20H,4,11,13H2. The van der Waals surface area contributed by atoms with Crippen LogP contribution < -0.4 is 4.72 Å². The summed E-state index contributed by atoms with van der Waals surface area (Å²) in [5.41, 5.74) is 0.844. The van der Waals surface area contributed by atoms with E-state index in [1.807, 2.05) is 41.1 Å². The molecule has 0 saturated heterocycles. The van der Waals surface area contributed by atoms with Gasteiger partial charge in [0.15, 0.2) is 0 Å². The largest absolute Gasteiger partial charge is 0.331 e. The lowest BCUT2D eigenvalue weighted by atomic mass is 10.2. The van der Waals surface area contributed by atoms with E-state index in [4.69, 9.17) is 0 Å². The Labute approximate surface area is 156 Å². The van der Waals surface area contributed by atoms with Crippen LogP contribution in [0.2, 0.25) is 0 Å². The molecule has 0 saturated carbocycles. The van der Waals surface area contributed by atoms with Gasteiger partial charge in [-0.1, -0.05) is 30.3 Å². The van der Waals surface area contributed by atoms with Gasteiger partial charge in [-0.3, -0.25) is 10.1 Å². The second-order valence-electron chi connectivity index (χ2n) is 5.81. The van der Waals surface area contributed by atoms with Crippen molar-refractivity contribution in [2.75, 3.05) is 6.54 Å². The quantitative estimate of drug-likeness (QED) is 0.364. The summed E-state index contributed by atoms with van der Waals surface area (Å²) in [6.45, 7) is 0.846. The Kier molecular flexibility index (Phi) is 5.63. The lowest BCUT2D eigenvalue weighted by Gasteiger charge is -2.09. The van der Waals surface area contributed by atoms with Crippen LogP contribution in [-0.2, 0) is 16.6 Å². The van der Waals surface area contributed by atoms with Crippen LogP contribution >= 0.6 is 0 Å². The van der Waals surface area contributed by atoms with Crippen LogP contribution in [0.4, 0.5) is 5.69 Å². The van der Waals surface area contributed by atoms with E-state index in [1.54, 1.807) is 6.20 Å². The van der Waals surface area contributed by atoms with Gasteiger partial charge in [0.05, 0.1) is 9.82 Å². The molecule has 8 nitrogen and oxygen atoms in total. The van der Waals surface area contributed by atoms with Crippen molar-refractivity contribution in [3.8, 4) is 11.4 Å². The minimum absolute atomic E-state index is 0.000653. The van der Waals surface area contributed by atoms with E-state index in [0.29, 0.717) is 13.0 Å². The Morgan fingerprint density at radius 3 is 2.44 bits per heavy atom. The zero-order valence-corrected chi connectivity index (χ0v) is 15.2. The molecule has 0 aliphatic heterocycles. The summed E-state index contributed by atoms with van der Waals surface area (Å²) in [6, 6.07) is 14.5. The van der Waals surface area contributed by atoms with Crippen LogP contribution in [0.3, 0.4) is 0 Å². The zero-order valence-electron chi connectivity index (χ0n) is 14.4. The predicted molar refractivity (Wildman–Crippen MR) is 101 cm³/mol. The van der Waals surface area contributed by atoms with Crippen LogP contribution in [0.15, 0.2) is 71.9 Å². The number of hydrogen-bond acceptors (Lipinski definition) is 5. The van der Waals surface area contributed by atoms with Crippen LogP contribution in [0, 0.1) is 10.1 Å². The van der Waals surface area contributed by atoms with Crippen molar-refractivity contribution < 1.29 is 13.3 Å². The Bertz CT molecular complexity index is 1020. The minimum Gasteiger partial charge on any atom is -0.331 e. The van der Waals surface area contributed by atoms with Crippen LogP contribution in [0.1, 0.15) is 6.42 Å².